The van der Waals surface area contributed by atoms with E-state index in [0.717, 1.165) is 32.0 Å². The standard InChI is InChI=1S/C20H29N3O5S/c1-13(2)10-23-6-7-27-15(11-23)12-29-20-22-21-19(28-20)14-8-16(24-3)18(26-5)17(9-14)25-4/h8-9,13,15H,6-7,10-12H2,1-5H3/t15-/m0/s1. The van der Waals surface area contributed by atoms with Crippen molar-refractivity contribution in [2.45, 2.75) is 25.2 Å². The number of ether oxygens (including phenoxy) is 4. The average molecular weight is 424 g/mol. The van der Waals surface area contributed by atoms with Crippen LogP contribution in [0.2, 0.25) is 0 Å². The molecule has 3 rings (SSSR count). The highest BCUT2D eigenvalue weighted by molar-refractivity contribution is 7.99. The average Bonchev–Trinajstić information content (AvgIpc) is 3.20. The molecule has 160 valence electrons. The Hall–Kier alpha value is -1.97. The summed E-state index contributed by atoms with van der Waals surface area (Å²) in [5.74, 6) is 3.42. The predicted molar refractivity (Wildman–Crippen MR) is 111 cm³/mol. The number of hydrogen-bond acceptors (Lipinski definition) is 9. The molecule has 2 heterocycles. The number of hydrogen-bond donors (Lipinski definition) is 0. The highest BCUT2D eigenvalue weighted by atomic mass is 32.2. The topological polar surface area (TPSA) is 79.1 Å². The van der Waals surface area contributed by atoms with Gasteiger partial charge in [-0.05, 0) is 18.1 Å². The van der Waals surface area contributed by atoms with E-state index in [-0.39, 0.29) is 6.10 Å². The first-order chi connectivity index (χ1) is 14.0. The van der Waals surface area contributed by atoms with Crippen LogP contribution in [0.4, 0.5) is 0 Å². The lowest BCUT2D eigenvalue weighted by molar-refractivity contribution is -0.0192. The Labute approximate surface area is 175 Å². The molecule has 0 spiro atoms. The number of thioether (sulfide) groups is 1. The van der Waals surface area contributed by atoms with Crippen LogP contribution in [0.25, 0.3) is 11.5 Å². The van der Waals surface area contributed by atoms with Gasteiger partial charge in [0.15, 0.2) is 11.5 Å². The van der Waals surface area contributed by atoms with Gasteiger partial charge in [-0.3, -0.25) is 4.90 Å². The van der Waals surface area contributed by atoms with Gasteiger partial charge in [-0.25, -0.2) is 0 Å². The van der Waals surface area contributed by atoms with E-state index in [0.29, 0.717) is 39.8 Å². The molecule has 29 heavy (non-hydrogen) atoms. The summed E-state index contributed by atoms with van der Waals surface area (Å²) in [4.78, 5) is 2.45. The summed E-state index contributed by atoms with van der Waals surface area (Å²) in [5, 5.41) is 8.84. The predicted octanol–water partition coefficient (Wildman–Crippen LogP) is 3.21. The maximum atomic E-state index is 5.89. The molecule has 1 fully saturated rings. The number of nitrogens with zero attached hydrogens (tertiary/aromatic N) is 3. The third-order valence-electron chi connectivity index (χ3n) is 4.56. The Kier molecular flexibility index (Phi) is 7.63. The van der Waals surface area contributed by atoms with Crippen LogP contribution in [0.15, 0.2) is 21.8 Å². The summed E-state index contributed by atoms with van der Waals surface area (Å²) in [6, 6.07) is 3.58. The molecule has 1 aliphatic heterocycles. The molecule has 1 aromatic carbocycles. The Morgan fingerprint density at radius 1 is 1.14 bits per heavy atom. The van der Waals surface area contributed by atoms with E-state index in [1.54, 1.807) is 33.5 Å². The van der Waals surface area contributed by atoms with Gasteiger partial charge in [0.1, 0.15) is 0 Å². The summed E-state index contributed by atoms with van der Waals surface area (Å²) in [7, 11) is 4.71. The lowest BCUT2D eigenvalue weighted by Gasteiger charge is -2.33. The fourth-order valence-electron chi connectivity index (χ4n) is 3.32. The van der Waals surface area contributed by atoms with E-state index in [4.69, 9.17) is 23.4 Å². The highest BCUT2D eigenvalue weighted by Crippen LogP contribution is 2.41. The van der Waals surface area contributed by atoms with Crippen LogP contribution in [0, 0.1) is 5.92 Å². The van der Waals surface area contributed by atoms with Crippen molar-refractivity contribution < 1.29 is 23.4 Å². The molecule has 2 aromatic rings. The first kappa shape index (κ1) is 21.7. The van der Waals surface area contributed by atoms with E-state index in [1.165, 1.54) is 11.8 Å². The van der Waals surface area contributed by atoms with Gasteiger partial charge in [-0.15, -0.1) is 10.2 Å². The lowest BCUT2D eigenvalue weighted by atomic mass is 10.2. The van der Waals surface area contributed by atoms with Crippen LogP contribution < -0.4 is 14.2 Å². The summed E-state index contributed by atoms with van der Waals surface area (Å²) in [6.45, 7) is 8.25. The Morgan fingerprint density at radius 2 is 1.86 bits per heavy atom. The van der Waals surface area contributed by atoms with Gasteiger partial charge in [0.2, 0.25) is 11.6 Å². The molecule has 8 nitrogen and oxygen atoms in total. The van der Waals surface area contributed by atoms with Crippen molar-refractivity contribution in [3.05, 3.63) is 12.1 Å². The van der Waals surface area contributed by atoms with E-state index in [2.05, 4.69) is 28.9 Å². The fraction of sp³-hybridized carbons (Fsp3) is 0.600. The number of benzene rings is 1. The van der Waals surface area contributed by atoms with E-state index in [1.807, 2.05) is 0 Å². The van der Waals surface area contributed by atoms with Gasteiger partial charge in [0, 0.05) is 31.0 Å². The number of rotatable bonds is 9. The van der Waals surface area contributed by atoms with Crippen molar-refractivity contribution in [3.8, 4) is 28.7 Å². The molecule has 0 radical (unpaired) electrons. The smallest absolute Gasteiger partial charge is 0.276 e. The van der Waals surface area contributed by atoms with Crippen LogP contribution >= 0.6 is 11.8 Å². The molecule has 0 aliphatic carbocycles. The molecule has 0 bridgehead atoms. The molecule has 0 amide bonds. The van der Waals surface area contributed by atoms with Crippen molar-refractivity contribution in [2.75, 3.05) is 53.3 Å². The minimum atomic E-state index is 0.157. The zero-order chi connectivity index (χ0) is 20.8. The molecule has 0 N–H and O–H groups in total. The minimum absolute atomic E-state index is 0.157. The summed E-state index contributed by atoms with van der Waals surface area (Å²) >= 11 is 1.51. The zero-order valence-electron chi connectivity index (χ0n) is 17.6. The maximum Gasteiger partial charge on any atom is 0.276 e. The maximum absolute atomic E-state index is 5.89. The van der Waals surface area contributed by atoms with Crippen LogP contribution in [0.5, 0.6) is 17.2 Å². The first-order valence-corrected chi connectivity index (χ1v) is 10.6. The fourth-order valence-corrected chi connectivity index (χ4v) is 4.08. The Morgan fingerprint density at radius 3 is 2.48 bits per heavy atom. The third-order valence-corrected chi connectivity index (χ3v) is 5.51. The summed E-state index contributed by atoms with van der Waals surface area (Å²) in [6.07, 6.45) is 0.157. The largest absolute Gasteiger partial charge is 0.493 e. The quantitative estimate of drug-likeness (QED) is 0.565. The molecule has 1 aliphatic rings. The van der Waals surface area contributed by atoms with Crippen molar-refractivity contribution in [1.82, 2.24) is 15.1 Å². The van der Waals surface area contributed by atoms with Crippen molar-refractivity contribution in [3.63, 3.8) is 0 Å². The third kappa shape index (κ3) is 5.55. The molecule has 1 atom stereocenters. The van der Waals surface area contributed by atoms with Gasteiger partial charge < -0.3 is 23.4 Å². The molecule has 0 unspecified atom stereocenters. The zero-order valence-corrected chi connectivity index (χ0v) is 18.5. The van der Waals surface area contributed by atoms with Crippen LogP contribution in [-0.4, -0.2) is 74.5 Å². The Bertz CT molecular complexity index is 773. The van der Waals surface area contributed by atoms with Crippen molar-refractivity contribution in [2.24, 2.45) is 5.92 Å². The minimum Gasteiger partial charge on any atom is -0.493 e. The lowest BCUT2D eigenvalue weighted by Crippen LogP contribution is -2.44. The van der Waals surface area contributed by atoms with Crippen LogP contribution in [0.3, 0.4) is 0 Å². The molecular weight excluding hydrogens is 394 g/mol. The van der Waals surface area contributed by atoms with E-state index in [9.17, 15) is 0 Å². The SMILES string of the molecule is COc1cc(-c2nnc(SC[C@@H]3CN(CC(C)C)CCO3)o2)cc(OC)c1OC. The molecule has 9 heteroatoms. The number of morpholine rings is 1. The molecular formula is C20H29N3O5S. The van der Waals surface area contributed by atoms with E-state index < -0.39 is 0 Å². The van der Waals surface area contributed by atoms with Crippen LogP contribution in [0.1, 0.15) is 13.8 Å². The Balaban J connectivity index is 1.65. The molecule has 1 aromatic heterocycles. The highest BCUT2D eigenvalue weighted by Gasteiger charge is 2.23. The number of methoxy groups -OCH3 is 3. The normalized spacial score (nSPS) is 17.5. The van der Waals surface area contributed by atoms with Gasteiger partial charge in [0.05, 0.1) is 34.0 Å². The second-order valence-corrected chi connectivity index (χ2v) is 8.22. The van der Waals surface area contributed by atoms with Crippen molar-refractivity contribution >= 4 is 11.8 Å². The summed E-state index contributed by atoms with van der Waals surface area (Å²) in [5.41, 5.74) is 0.705. The second kappa shape index (κ2) is 10.2. The van der Waals surface area contributed by atoms with E-state index >= 15 is 0 Å². The monoisotopic (exact) mass is 423 g/mol. The van der Waals surface area contributed by atoms with Gasteiger partial charge in [-0.1, -0.05) is 25.6 Å². The van der Waals surface area contributed by atoms with Gasteiger partial charge in [-0.2, -0.15) is 0 Å². The van der Waals surface area contributed by atoms with Gasteiger partial charge in [0.25, 0.3) is 5.22 Å². The number of aromatic nitrogens is 2. The first-order valence-electron chi connectivity index (χ1n) is 9.64. The van der Waals surface area contributed by atoms with Gasteiger partial charge >= 0.3 is 0 Å². The second-order valence-electron chi connectivity index (χ2n) is 7.24. The molecule has 1 saturated heterocycles. The van der Waals surface area contributed by atoms with Crippen molar-refractivity contribution in [1.29, 1.82) is 0 Å². The van der Waals surface area contributed by atoms with Crippen LogP contribution in [-0.2, 0) is 4.74 Å². The molecule has 0 saturated carbocycles. The summed E-state index contributed by atoms with van der Waals surface area (Å²) < 4.78 is 27.9.